The van der Waals surface area contributed by atoms with Crippen molar-refractivity contribution in [2.24, 2.45) is 0 Å². The van der Waals surface area contributed by atoms with Crippen LogP contribution in [0.25, 0.3) is 0 Å². The molecule has 3 N–H and O–H groups in total. The Bertz CT molecular complexity index is 1330. The molecule has 8 nitrogen and oxygen atoms in total. The lowest BCUT2D eigenvalue weighted by atomic mass is 10.1. The Kier molecular flexibility index (Phi) is 7.94. The average molecular weight is 499 g/mol. The van der Waals surface area contributed by atoms with Crippen molar-refractivity contribution in [3.63, 3.8) is 0 Å². The number of anilines is 3. The Morgan fingerprint density at radius 2 is 1.17 bits per heavy atom. The number of hydrogen-bond acceptors (Lipinski definition) is 5. The van der Waals surface area contributed by atoms with Gasteiger partial charge in [0.05, 0.1) is 4.92 Å². The average Bonchev–Trinajstić information content (AvgIpc) is 2.89. The van der Waals surface area contributed by atoms with Crippen molar-refractivity contribution in [1.29, 1.82) is 0 Å². The molecule has 0 fully saturated rings. The Balaban J connectivity index is 1.44. The van der Waals surface area contributed by atoms with Gasteiger partial charge in [0, 0.05) is 34.1 Å². The summed E-state index contributed by atoms with van der Waals surface area (Å²) >= 11 is 1.36. The van der Waals surface area contributed by atoms with Crippen LogP contribution in [0.3, 0.4) is 0 Å². The molecule has 180 valence electrons. The second kappa shape index (κ2) is 11.7. The van der Waals surface area contributed by atoms with Gasteiger partial charge >= 0.3 is 6.03 Å². The fraction of sp³-hybridized carbons (Fsp3) is 0.0370. The summed E-state index contributed by atoms with van der Waals surface area (Å²) in [7, 11) is 0. The van der Waals surface area contributed by atoms with E-state index in [1.807, 2.05) is 60.7 Å². The number of carbonyl (C=O) groups is 2. The predicted octanol–water partition coefficient (Wildman–Crippen LogP) is 6.71. The number of amides is 3. The van der Waals surface area contributed by atoms with E-state index in [0.717, 1.165) is 10.5 Å². The van der Waals surface area contributed by atoms with Gasteiger partial charge in [0.1, 0.15) is 5.25 Å². The Hall–Kier alpha value is -4.63. The molecule has 0 saturated carbocycles. The number of carbonyl (C=O) groups excluding carboxylic acids is 2. The summed E-state index contributed by atoms with van der Waals surface area (Å²) in [6, 6.07) is 31.0. The van der Waals surface area contributed by atoms with Crippen LogP contribution in [-0.2, 0) is 4.79 Å². The quantitative estimate of drug-likeness (QED) is 0.142. The first kappa shape index (κ1) is 24.5. The van der Waals surface area contributed by atoms with Crippen molar-refractivity contribution < 1.29 is 14.5 Å². The van der Waals surface area contributed by atoms with Gasteiger partial charge in [-0.05, 0) is 54.1 Å². The van der Waals surface area contributed by atoms with E-state index in [-0.39, 0.29) is 17.6 Å². The van der Waals surface area contributed by atoms with E-state index >= 15 is 0 Å². The predicted molar refractivity (Wildman–Crippen MR) is 142 cm³/mol. The van der Waals surface area contributed by atoms with E-state index in [4.69, 9.17) is 0 Å². The number of para-hydroxylation sites is 1. The van der Waals surface area contributed by atoms with Crippen molar-refractivity contribution in [3.05, 3.63) is 125 Å². The van der Waals surface area contributed by atoms with Gasteiger partial charge in [-0.2, -0.15) is 0 Å². The molecule has 0 radical (unpaired) electrons. The van der Waals surface area contributed by atoms with E-state index < -0.39 is 10.2 Å². The minimum atomic E-state index is -0.568. The van der Waals surface area contributed by atoms with Crippen LogP contribution in [0.1, 0.15) is 10.8 Å². The minimum Gasteiger partial charge on any atom is -0.325 e. The number of urea groups is 1. The second-order valence-electron chi connectivity index (χ2n) is 7.67. The number of nitro benzene ring substituents is 1. The SMILES string of the molecule is O=C(Nc1ccccc1)Nc1ccc(SC(C(=O)Nc2ccc([N+](=O)[O-])cc2)c2ccccc2)cc1. The zero-order chi connectivity index (χ0) is 25.3. The molecule has 0 heterocycles. The highest BCUT2D eigenvalue weighted by Gasteiger charge is 2.22. The van der Waals surface area contributed by atoms with E-state index in [1.54, 1.807) is 24.3 Å². The lowest BCUT2D eigenvalue weighted by Crippen LogP contribution is -2.19. The van der Waals surface area contributed by atoms with Crippen molar-refractivity contribution in [2.45, 2.75) is 10.1 Å². The van der Waals surface area contributed by atoms with E-state index in [2.05, 4.69) is 16.0 Å². The molecule has 0 spiro atoms. The highest BCUT2D eigenvalue weighted by Crippen LogP contribution is 2.36. The van der Waals surface area contributed by atoms with Gasteiger partial charge in [0.2, 0.25) is 5.91 Å². The summed E-state index contributed by atoms with van der Waals surface area (Å²) in [4.78, 5) is 36.7. The number of thioether (sulfide) groups is 1. The smallest absolute Gasteiger partial charge is 0.323 e. The maximum absolute atomic E-state index is 13.2. The zero-order valence-electron chi connectivity index (χ0n) is 19.0. The molecule has 1 unspecified atom stereocenters. The van der Waals surface area contributed by atoms with Gasteiger partial charge in [-0.15, -0.1) is 11.8 Å². The Labute approximate surface area is 211 Å². The second-order valence-corrected chi connectivity index (χ2v) is 8.85. The highest BCUT2D eigenvalue weighted by molar-refractivity contribution is 8.00. The molecule has 36 heavy (non-hydrogen) atoms. The standard InChI is InChI=1S/C27H22N4O4S/c32-26(28-21-11-15-23(16-12-21)31(34)35)25(19-7-3-1-4-8-19)36-24-17-13-22(14-18-24)30-27(33)29-20-9-5-2-6-10-20/h1-18,25H,(H,28,32)(H2,29,30,33). The summed E-state index contributed by atoms with van der Waals surface area (Å²) in [5, 5.41) is 18.7. The van der Waals surface area contributed by atoms with Crippen LogP contribution in [-0.4, -0.2) is 16.9 Å². The summed E-state index contributed by atoms with van der Waals surface area (Å²) in [5.41, 5.74) is 2.53. The third-order valence-corrected chi connectivity index (χ3v) is 6.35. The zero-order valence-corrected chi connectivity index (χ0v) is 19.8. The minimum absolute atomic E-state index is 0.0480. The van der Waals surface area contributed by atoms with Gasteiger partial charge in [-0.1, -0.05) is 48.5 Å². The van der Waals surface area contributed by atoms with Crippen LogP contribution in [0.15, 0.2) is 114 Å². The first-order valence-corrected chi connectivity index (χ1v) is 11.9. The molecule has 9 heteroatoms. The third-order valence-electron chi connectivity index (χ3n) is 5.08. The monoisotopic (exact) mass is 498 g/mol. The molecule has 3 amide bonds. The van der Waals surface area contributed by atoms with Gasteiger partial charge in [-0.3, -0.25) is 14.9 Å². The maximum atomic E-state index is 13.2. The fourth-order valence-corrected chi connectivity index (χ4v) is 4.37. The van der Waals surface area contributed by atoms with Crippen molar-refractivity contribution in [1.82, 2.24) is 0 Å². The van der Waals surface area contributed by atoms with Crippen molar-refractivity contribution in [3.8, 4) is 0 Å². The van der Waals surface area contributed by atoms with Gasteiger partial charge in [0.25, 0.3) is 5.69 Å². The number of benzene rings is 4. The van der Waals surface area contributed by atoms with Gasteiger partial charge in [-0.25, -0.2) is 4.79 Å². The molecular formula is C27H22N4O4S. The first-order valence-electron chi connectivity index (χ1n) is 11.0. The maximum Gasteiger partial charge on any atom is 0.323 e. The summed E-state index contributed by atoms with van der Waals surface area (Å²) in [6.45, 7) is 0. The Morgan fingerprint density at radius 1 is 0.667 bits per heavy atom. The molecule has 0 aliphatic rings. The lowest BCUT2D eigenvalue weighted by Gasteiger charge is -2.17. The molecule has 0 saturated heterocycles. The largest absolute Gasteiger partial charge is 0.325 e. The molecule has 0 aliphatic carbocycles. The topological polar surface area (TPSA) is 113 Å². The van der Waals surface area contributed by atoms with E-state index in [1.165, 1.54) is 36.0 Å². The summed E-state index contributed by atoms with van der Waals surface area (Å²) in [5.74, 6) is -0.260. The number of rotatable bonds is 8. The lowest BCUT2D eigenvalue weighted by molar-refractivity contribution is -0.384. The van der Waals surface area contributed by atoms with Crippen molar-refractivity contribution >= 4 is 46.4 Å². The molecule has 4 aromatic rings. The van der Waals surface area contributed by atoms with Crippen LogP contribution >= 0.6 is 11.8 Å². The Morgan fingerprint density at radius 3 is 1.75 bits per heavy atom. The highest BCUT2D eigenvalue weighted by atomic mass is 32.2. The third kappa shape index (κ3) is 6.71. The van der Waals surface area contributed by atoms with Crippen LogP contribution in [0.5, 0.6) is 0 Å². The van der Waals surface area contributed by atoms with Crippen LogP contribution in [0.2, 0.25) is 0 Å². The van der Waals surface area contributed by atoms with Crippen LogP contribution in [0.4, 0.5) is 27.5 Å². The number of nitrogens with one attached hydrogen (secondary N) is 3. The first-order chi connectivity index (χ1) is 17.5. The van der Waals surface area contributed by atoms with Crippen LogP contribution in [0, 0.1) is 10.1 Å². The molecular weight excluding hydrogens is 476 g/mol. The van der Waals surface area contributed by atoms with Crippen LogP contribution < -0.4 is 16.0 Å². The summed E-state index contributed by atoms with van der Waals surface area (Å²) in [6.07, 6.45) is 0. The molecule has 0 bridgehead atoms. The number of nitro groups is 1. The normalized spacial score (nSPS) is 11.2. The number of hydrogen-bond donors (Lipinski definition) is 3. The summed E-state index contributed by atoms with van der Waals surface area (Å²) < 4.78 is 0. The van der Waals surface area contributed by atoms with Crippen molar-refractivity contribution in [2.75, 3.05) is 16.0 Å². The molecule has 0 aromatic heterocycles. The molecule has 4 rings (SSSR count). The molecule has 1 atom stereocenters. The molecule has 0 aliphatic heterocycles. The van der Waals surface area contributed by atoms with E-state index in [9.17, 15) is 19.7 Å². The van der Waals surface area contributed by atoms with E-state index in [0.29, 0.717) is 17.1 Å². The van der Waals surface area contributed by atoms with Gasteiger partial charge in [0.15, 0.2) is 0 Å². The van der Waals surface area contributed by atoms with Gasteiger partial charge < -0.3 is 16.0 Å². The number of non-ortho nitro benzene ring substituents is 1. The fourth-order valence-electron chi connectivity index (χ4n) is 3.34. The molecule has 4 aromatic carbocycles. The number of nitrogens with zero attached hydrogens (tertiary/aromatic N) is 1.